The Labute approximate surface area is 149 Å². The van der Waals surface area contributed by atoms with Gasteiger partial charge in [0, 0.05) is 17.5 Å². The van der Waals surface area contributed by atoms with Crippen LogP contribution in [0.2, 0.25) is 5.02 Å². The van der Waals surface area contributed by atoms with Gasteiger partial charge in [-0.1, -0.05) is 17.7 Å². The molecule has 4 rings (SSSR count). The molecule has 124 valence electrons. The molecule has 1 aliphatic heterocycles. The van der Waals surface area contributed by atoms with E-state index < -0.39 is 10.4 Å². The molecule has 1 aromatic carbocycles. The predicted octanol–water partition coefficient (Wildman–Crippen LogP) is 3.88. The van der Waals surface area contributed by atoms with E-state index in [9.17, 15) is 14.9 Å². The number of benzene rings is 2. The lowest BCUT2D eigenvalue weighted by molar-refractivity contribution is -0.383. The van der Waals surface area contributed by atoms with Crippen LogP contribution in [0.1, 0.15) is 0 Å². The monoisotopic (exact) mass is 373 g/mol. The number of fused-ring (bicyclic) bond motifs is 4. The van der Waals surface area contributed by atoms with Crippen LogP contribution in [0.5, 0.6) is 5.88 Å². The molecule has 0 N–H and O–H groups in total. The van der Waals surface area contributed by atoms with E-state index in [4.69, 9.17) is 16.3 Å². The van der Waals surface area contributed by atoms with Crippen LogP contribution in [0.15, 0.2) is 35.1 Å². The van der Waals surface area contributed by atoms with Crippen LogP contribution in [0.4, 0.5) is 5.69 Å². The summed E-state index contributed by atoms with van der Waals surface area (Å²) in [4.78, 5) is 33.1. The molecular formula is C16H8ClN3O4S. The molecule has 25 heavy (non-hydrogen) atoms. The molecule has 0 saturated carbocycles. The minimum absolute atomic E-state index is 0.0213. The van der Waals surface area contributed by atoms with Crippen molar-refractivity contribution in [3.05, 3.63) is 55.7 Å². The first-order valence-electron chi connectivity index (χ1n) is 7.05. The van der Waals surface area contributed by atoms with E-state index in [1.807, 2.05) is 0 Å². The van der Waals surface area contributed by atoms with E-state index in [0.29, 0.717) is 26.8 Å². The lowest BCUT2D eigenvalue weighted by Crippen LogP contribution is -2.07. The molecule has 0 radical (unpaired) electrons. The molecule has 0 atom stereocenters. The number of non-ortho nitro benzene ring substituents is 1. The maximum atomic E-state index is 12.6. The van der Waals surface area contributed by atoms with Crippen LogP contribution in [-0.2, 0) is 0 Å². The van der Waals surface area contributed by atoms with Crippen molar-refractivity contribution < 1.29 is 9.66 Å². The zero-order valence-corrected chi connectivity index (χ0v) is 14.2. The number of halogens is 1. The van der Waals surface area contributed by atoms with Gasteiger partial charge in [0.2, 0.25) is 11.3 Å². The molecule has 1 aromatic heterocycles. The third kappa shape index (κ3) is 2.30. The number of ether oxygens (including phenoxy) is 1. The molecule has 2 heterocycles. The number of hydrogen-bond acceptors (Lipinski definition) is 7. The second-order valence-electron chi connectivity index (χ2n) is 5.17. The van der Waals surface area contributed by atoms with Gasteiger partial charge in [0.1, 0.15) is 15.4 Å². The molecule has 2 aliphatic rings. The van der Waals surface area contributed by atoms with E-state index in [1.54, 1.807) is 12.1 Å². The largest absolute Gasteiger partial charge is 0.481 e. The molecular weight excluding hydrogens is 366 g/mol. The van der Waals surface area contributed by atoms with Gasteiger partial charge in [0.25, 0.3) is 5.69 Å². The zero-order chi connectivity index (χ0) is 17.7. The fourth-order valence-corrected chi connectivity index (χ4v) is 3.96. The summed E-state index contributed by atoms with van der Waals surface area (Å²) in [6, 6.07) is 7.67. The van der Waals surface area contributed by atoms with Crippen LogP contribution >= 0.6 is 22.9 Å². The average molecular weight is 374 g/mol. The molecule has 9 heteroatoms. The Hall–Kier alpha value is -2.84. The molecule has 0 unspecified atom stereocenters. The molecule has 0 amide bonds. The van der Waals surface area contributed by atoms with Crippen LogP contribution in [-0.4, -0.2) is 22.0 Å². The first-order chi connectivity index (χ1) is 12.0. The summed E-state index contributed by atoms with van der Waals surface area (Å²) in [5.74, 6) is 0.398. The van der Waals surface area contributed by atoms with E-state index >= 15 is 0 Å². The maximum absolute atomic E-state index is 12.6. The van der Waals surface area contributed by atoms with E-state index in [-0.39, 0.29) is 21.5 Å². The Balaban J connectivity index is 2.26. The Bertz CT molecular complexity index is 1210. The van der Waals surface area contributed by atoms with Crippen molar-refractivity contribution >= 4 is 49.7 Å². The first-order valence-corrected chi connectivity index (χ1v) is 8.25. The number of aromatic nitrogens is 2. The lowest BCUT2D eigenvalue weighted by Gasteiger charge is -2.11. The lowest BCUT2D eigenvalue weighted by atomic mass is 10.0. The van der Waals surface area contributed by atoms with Crippen molar-refractivity contribution in [2.75, 3.05) is 7.11 Å². The summed E-state index contributed by atoms with van der Waals surface area (Å²) in [6.45, 7) is 0. The van der Waals surface area contributed by atoms with Crippen molar-refractivity contribution in [2.45, 2.75) is 0 Å². The Kier molecular flexibility index (Phi) is 3.52. The third-order valence-corrected chi connectivity index (χ3v) is 5.36. The highest BCUT2D eigenvalue weighted by Gasteiger charge is 2.25. The van der Waals surface area contributed by atoms with Gasteiger partial charge in [-0.05, 0) is 12.1 Å². The molecule has 0 saturated heterocycles. The highest BCUT2D eigenvalue weighted by atomic mass is 35.5. The first kappa shape index (κ1) is 15.7. The van der Waals surface area contributed by atoms with Gasteiger partial charge in [-0.15, -0.1) is 11.3 Å². The molecule has 0 spiro atoms. The van der Waals surface area contributed by atoms with Gasteiger partial charge in [0.15, 0.2) is 0 Å². The number of nitro groups is 1. The summed E-state index contributed by atoms with van der Waals surface area (Å²) < 4.78 is 5.09. The molecule has 7 nitrogen and oxygen atoms in total. The quantitative estimate of drug-likeness (QED) is 0.229. The number of pyridine rings is 1. The van der Waals surface area contributed by atoms with E-state index in [2.05, 4.69) is 9.97 Å². The number of methoxy groups -OCH3 is 1. The predicted molar refractivity (Wildman–Crippen MR) is 96.0 cm³/mol. The summed E-state index contributed by atoms with van der Waals surface area (Å²) >= 11 is 7.39. The summed E-state index contributed by atoms with van der Waals surface area (Å²) in [5, 5.41) is 11.8. The molecule has 0 bridgehead atoms. The second-order valence-corrected chi connectivity index (χ2v) is 6.55. The number of nitrogens with zero attached hydrogens (tertiary/aromatic N) is 3. The van der Waals surface area contributed by atoms with Crippen LogP contribution < -0.4 is 10.2 Å². The van der Waals surface area contributed by atoms with Crippen LogP contribution in [0.3, 0.4) is 0 Å². The van der Waals surface area contributed by atoms with Crippen LogP contribution in [0.25, 0.3) is 31.7 Å². The second kappa shape index (κ2) is 5.61. The Morgan fingerprint density at radius 2 is 2.04 bits per heavy atom. The topological polar surface area (TPSA) is 95.2 Å². The molecule has 0 fully saturated rings. The SMILES string of the molecule is COc1ccc2nc3c4c([N+](=O)[O-])cccc4c(=O)c(Cl)c-3sc2n1. The normalized spacial score (nSPS) is 11.3. The maximum Gasteiger partial charge on any atom is 0.279 e. The highest BCUT2D eigenvalue weighted by Crippen LogP contribution is 2.41. The molecule has 2 aromatic rings. The number of rotatable bonds is 2. The summed E-state index contributed by atoms with van der Waals surface area (Å²) in [7, 11) is 1.49. The highest BCUT2D eigenvalue weighted by molar-refractivity contribution is 7.21. The van der Waals surface area contributed by atoms with Gasteiger partial charge in [0.05, 0.1) is 28.0 Å². The smallest absolute Gasteiger partial charge is 0.279 e. The van der Waals surface area contributed by atoms with E-state index in [1.165, 1.54) is 25.3 Å². The zero-order valence-electron chi connectivity index (χ0n) is 12.6. The van der Waals surface area contributed by atoms with E-state index in [0.717, 1.165) is 11.3 Å². The number of nitro benzene ring substituents is 1. The van der Waals surface area contributed by atoms with Crippen LogP contribution in [0, 0.1) is 10.1 Å². The number of hydrogen-bond donors (Lipinski definition) is 0. The standard InChI is InChI=1S/C16H8ClN3O4S/c1-24-10-6-5-8-16(19-10)25-15-12(17)14(21)7-3-2-4-9(20(22)23)11(7)13(15)18-8/h2-6H,1H3. The fourth-order valence-electron chi connectivity index (χ4n) is 2.68. The van der Waals surface area contributed by atoms with Gasteiger partial charge in [-0.25, -0.2) is 9.97 Å². The molecule has 1 aliphatic carbocycles. The third-order valence-electron chi connectivity index (χ3n) is 3.79. The van der Waals surface area contributed by atoms with Gasteiger partial charge < -0.3 is 4.74 Å². The van der Waals surface area contributed by atoms with Crippen molar-refractivity contribution in [1.82, 2.24) is 9.97 Å². The minimum Gasteiger partial charge on any atom is -0.481 e. The van der Waals surface area contributed by atoms with Gasteiger partial charge in [-0.3, -0.25) is 14.9 Å². The summed E-state index contributed by atoms with van der Waals surface area (Å²) in [5.41, 5.74) is 0.203. The van der Waals surface area contributed by atoms with Crippen molar-refractivity contribution in [3.8, 4) is 16.5 Å². The Morgan fingerprint density at radius 1 is 1.24 bits per heavy atom. The minimum atomic E-state index is -0.530. The van der Waals surface area contributed by atoms with Crippen molar-refractivity contribution in [3.63, 3.8) is 0 Å². The Morgan fingerprint density at radius 3 is 2.76 bits per heavy atom. The average Bonchev–Trinajstić information content (AvgIpc) is 2.63. The fraction of sp³-hybridized carbons (Fsp3) is 0.0625. The van der Waals surface area contributed by atoms with Gasteiger partial charge in [-0.2, -0.15) is 0 Å². The van der Waals surface area contributed by atoms with Gasteiger partial charge >= 0.3 is 0 Å². The van der Waals surface area contributed by atoms with Crippen molar-refractivity contribution in [1.29, 1.82) is 0 Å². The van der Waals surface area contributed by atoms with Crippen molar-refractivity contribution in [2.24, 2.45) is 0 Å². The summed E-state index contributed by atoms with van der Waals surface area (Å²) in [6.07, 6.45) is 0.